The average molecular weight is 699 g/mol. The standard InChI is InChI=1S/C46H26N4O2S/c1-3-11-27(12-4-1)28-21-23-30(24-22-28)46-47-35-26-40-34(25-38(35)52-46)42-33(17-10-20-39(42)53-40)45-49-43(29-13-5-2-6-14-29)48-44(50-45)32-16-9-19-37-41(32)31-15-7-8-18-36(31)51-37/h1-26H. The van der Waals surface area contributed by atoms with Gasteiger partial charge in [-0.15, -0.1) is 11.3 Å². The lowest BCUT2D eigenvalue weighted by molar-refractivity contribution is 0.620. The van der Waals surface area contributed by atoms with Gasteiger partial charge in [-0.3, -0.25) is 0 Å². The Labute approximate surface area is 306 Å². The third-order valence-corrected chi connectivity index (χ3v) is 10.9. The predicted octanol–water partition coefficient (Wildman–Crippen LogP) is 12.6. The zero-order chi connectivity index (χ0) is 34.9. The van der Waals surface area contributed by atoms with E-state index in [4.69, 9.17) is 28.8 Å². The average Bonchev–Trinajstić information content (AvgIpc) is 3.93. The molecule has 0 aliphatic rings. The molecular weight excluding hydrogens is 673 g/mol. The van der Waals surface area contributed by atoms with Gasteiger partial charge < -0.3 is 8.83 Å². The van der Waals surface area contributed by atoms with Crippen molar-refractivity contribution >= 4 is 64.5 Å². The smallest absolute Gasteiger partial charge is 0.227 e. The van der Waals surface area contributed by atoms with Crippen LogP contribution in [0.15, 0.2) is 167 Å². The van der Waals surface area contributed by atoms with Crippen LogP contribution >= 0.6 is 11.3 Å². The van der Waals surface area contributed by atoms with Crippen molar-refractivity contribution in [2.24, 2.45) is 0 Å². The maximum atomic E-state index is 6.44. The molecule has 6 nitrogen and oxygen atoms in total. The largest absolute Gasteiger partial charge is 0.456 e. The first-order valence-electron chi connectivity index (χ1n) is 17.4. The van der Waals surface area contributed by atoms with Gasteiger partial charge in [0.2, 0.25) is 5.89 Å². The van der Waals surface area contributed by atoms with E-state index < -0.39 is 0 Å². The van der Waals surface area contributed by atoms with Gasteiger partial charge in [-0.25, -0.2) is 19.9 Å². The highest BCUT2D eigenvalue weighted by atomic mass is 32.1. The highest BCUT2D eigenvalue weighted by molar-refractivity contribution is 7.26. The van der Waals surface area contributed by atoms with Crippen LogP contribution in [-0.4, -0.2) is 19.9 Å². The van der Waals surface area contributed by atoms with Gasteiger partial charge in [0.25, 0.3) is 0 Å². The summed E-state index contributed by atoms with van der Waals surface area (Å²) >= 11 is 1.73. The summed E-state index contributed by atoms with van der Waals surface area (Å²) in [6, 6.07) is 53.5. The number of furan rings is 1. The molecule has 11 aromatic rings. The number of fused-ring (bicyclic) bond motifs is 7. The Kier molecular flexibility index (Phi) is 6.62. The molecule has 4 aromatic heterocycles. The van der Waals surface area contributed by atoms with Gasteiger partial charge in [-0.05, 0) is 53.6 Å². The van der Waals surface area contributed by atoms with Crippen LogP contribution in [0, 0.1) is 0 Å². The van der Waals surface area contributed by atoms with Crippen molar-refractivity contribution in [1.29, 1.82) is 0 Å². The van der Waals surface area contributed by atoms with Crippen LogP contribution in [0.2, 0.25) is 0 Å². The van der Waals surface area contributed by atoms with E-state index in [0.717, 1.165) is 81.0 Å². The predicted molar refractivity (Wildman–Crippen MR) is 215 cm³/mol. The summed E-state index contributed by atoms with van der Waals surface area (Å²) in [5.41, 5.74) is 9.16. The van der Waals surface area contributed by atoms with Crippen molar-refractivity contribution in [3.05, 3.63) is 158 Å². The minimum atomic E-state index is 0.586. The van der Waals surface area contributed by atoms with Crippen LogP contribution in [0.4, 0.5) is 0 Å². The monoisotopic (exact) mass is 698 g/mol. The summed E-state index contributed by atoms with van der Waals surface area (Å²) in [6.07, 6.45) is 0. The Hall–Kier alpha value is -6.96. The lowest BCUT2D eigenvalue weighted by Crippen LogP contribution is -2.00. The molecular formula is C46H26N4O2S. The molecule has 0 amide bonds. The van der Waals surface area contributed by atoms with Crippen molar-refractivity contribution < 1.29 is 8.83 Å². The van der Waals surface area contributed by atoms with E-state index in [9.17, 15) is 0 Å². The number of thiophene rings is 1. The molecule has 0 saturated carbocycles. The molecule has 4 heterocycles. The summed E-state index contributed by atoms with van der Waals surface area (Å²) in [7, 11) is 0. The maximum absolute atomic E-state index is 6.44. The van der Waals surface area contributed by atoms with Gasteiger partial charge in [-0.2, -0.15) is 0 Å². The Balaban J connectivity index is 1.08. The summed E-state index contributed by atoms with van der Waals surface area (Å²) in [5.74, 6) is 2.38. The van der Waals surface area contributed by atoms with Gasteiger partial charge in [0.15, 0.2) is 23.1 Å². The molecule has 7 heteroatoms. The summed E-state index contributed by atoms with van der Waals surface area (Å²) in [6.45, 7) is 0. The fourth-order valence-corrected chi connectivity index (χ4v) is 8.43. The Morgan fingerprint density at radius 3 is 1.79 bits per heavy atom. The molecule has 0 bridgehead atoms. The molecule has 11 rings (SSSR count). The number of rotatable bonds is 5. The first-order valence-corrected chi connectivity index (χ1v) is 18.2. The Morgan fingerprint density at radius 2 is 1.00 bits per heavy atom. The molecule has 0 radical (unpaired) electrons. The van der Waals surface area contributed by atoms with Crippen molar-refractivity contribution in [3.8, 4) is 56.7 Å². The summed E-state index contributed by atoms with van der Waals surface area (Å²) in [4.78, 5) is 20.3. The highest BCUT2D eigenvalue weighted by Crippen LogP contribution is 2.43. The van der Waals surface area contributed by atoms with E-state index in [1.165, 1.54) is 5.56 Å². The molecule has 0 aliphatic carbocycles. The van der Waals surface area contributed by atoms with Gasteiger partial charge in [-0.1, -0.05) is 115 Å². The van der Waals surface area contributed by atoms with E-state index in [1.54, 1.807) is 11.3 Å². The summed E-state index contributed by atoms with van der Waals surface area (Å²) < 4.78 is 14.9. The molecule has 248 valence electrons. The number of aromatic nitrogens is 4. The lowest BCUT2D eigenvalue weighted by atomic mass is 10.0. The van der Waals surface area contributed by atoms with Gasteiger partial charge in [0, 0.05) is 53.2 Å². The van der Waals surface area contributed by atoms with E-state index in [0.29, 0.717) is 23.4 Å². The normalized spacial score (nSPS) is 11.8. The van der Waals surface area contributed by atoms with Gasteiger partial charge in [0.1, 0.15) is 16.7 Å². The topological polar surface area (TPSA) is 77.8 Å². The second-order valence-corrected chi connectivity index (χ2v) is 14.1. The summed E-state index contributed by atoms with van der Waals surface area (Å²) in [5, 5.41) is 4.15. The molecule has 0 N–H and O–H groups in total. The van der Waals surface area contributed by atoms with E-state index in [-0.39, 0.29) is 0 Å². The highest BCUT2D eigenvalue weighted by Gasteiger charge is 2.21. The van der Waals surface area contributed by atoms with Gasteiger partial charge in [0.05, 0.1) is 0 Å². The number of para-hydroxylation sites is 1. The maximum Gasteiger partial charge on any atom is 0.227 e. The van der Waals surface area contributed by atoms with Crippen molar-refractivity contribution in [1.82, 2.24) is 19.9 Å². The fraction of sp³-hybridized carbons (Fsp3) is 0. The van der Waals surface area contributed by atoms with Crippen molar-refractivity contribution in [3.63, 3.8) is 0 Å². The minimum absolute atomic E-state index is 0.586. The number of benzene rings is 7. The van der Waals surface area contributed by atoms with E-state index >= 15 is 0 Å². The number of oxazole rings is 1. The van der Waals surface area contributed by atoms with E-state index in [2.05, 4.69) is 91.0 Å². The number of nitrogens with zero attached hydrogens (tertiary/aromatic N) is 4. The quantitative estimate of drug-likeness (QED) is 0.178. The third kappa shape index (κ3) is 4.93. The molecule has 0 aliphatic heterocycles. The number of hydrogen-bond donors (Lipinski definition) is 0. The van der Waals surface area contributed by atoms with Crippen molar-refractivity contribution in [2.45, 2.75) is 0 Å². The second kappa shape index (κ2) is 11.8. The van der Waals surface area contributed by atoms with Crippen molar-refractivity contribution in [2.75, 3.05) is 0 Å². The fourth-order valence-electron chi connectivity index (χ4n) is 7.29. The molecule has 7 aromatic carbocycles. The number of hydrogen-bond acceptors (Lipinski definition) is 7. The van der Waals surface area contributed by atoms with Crippen LogP contribution in [-0.2, 0) is 0 Å². The van der Waals surface area contributed by atoms with Crippen LogP contribution < -0.4 is 0 Å². The van der Waals surface area contributed by atoms with Crippen LogP contribution in [0.25, 0.3) is 110 Å². The molecule has 0 spiro atoms. The SMILES string of the molecule is c1ccc(-c2ccc(-c3nc4cc5sc6cccc(-c7nc(-c8ccccc8)nc(-c8cccc9oc%10ccccc%10c89)n7)c6c5cc4o3)cc2)cc1. The van der Waals surface area contributed by atoms with Gasteiger partial charge >= 0.3 is 0 Å². The molecule has 53 heavy (non-hydrogen) atoms. The molecule has 0 atom stereocenters. The Morgan fingerprint density at radius 1 is 0.377 bits per heavy atom. The molecule has 0 saturated heterocycles. The Bertz CT molecular complexity index is 3160. The second-order valence-electron chi connectivity index (χ2n) is 13.0. The van der Waals surface area contributed by atoms with Crippen LogP contribution in [0.5, 0.6) is 0 Å². The van der Waals surface area contributed by atoms with Crippen LogP contribution in [0.3, 0.4) is 0 Å². The lowest BCUT2D eigenvalue weighted by Gasteiger charge is -2.10. The van der Waals surface area contributed by atoms with Crippen LogP contribution in [0.1, 0.15) is 0 Å². The minimum Gasteiger partial charge on any atom is -0.456 e. The zero-order valence-electron chi connectivity index (χ0n) is 28.0. The first kappa shape index (κ1) is 29.7. The molecule has 0 unspecified atom stereocenters. The zero-order valence-corrected chi connectivity index (χ0v) is 28.8. The first-order chi connectivity index (χ1) is 26.2. The molecule has 0 fully saturated rings. The third-order valence-electron chi connectivity index (χ3n) is 9.80. The van der Waals surface area contributed by atoms with E-state index in [1.807, 2.05) is 66.7 Å².